The molecule has 7 heteroatoms. The van der Waals surface area contributed by atoms with Crippen LogP contribution in [-0.4, -0.2) is 34.0 Å². The number of benzene rings is 1. The molecule has 0 aliphatic heterocycles. The van der Waals surface area contributed by atoms with Gasteiger partial charge in [-0.1, -0.05) is 5.92 Å². The van der Waals surface area contributed by atoms with Gasteiger partial charge in [-0.15, -0.1) is 6.42 Å². The number of aliphatic carboxylic acids is 1. The molecule has 0 spiro atoms. The van der Waals surface area contributed by atoms with Crippen LogP contribution in [0.15, 0.2) is 18.2 Å². The van der Waals surface area contributed by atoms with Crippen LogP contribution in [-0.2, 0) is 11.3 Å². The normalized spacial score (nSPS) is 10.2. The molecule has 0 aromatic heterocycles. The highest BCUT2D eigenvalue weighted by atomic mass is 19.1. The van der Waals surface area contributed by atoms with E-state index in [9.17, 15) is 19.3 Å². The molecule has 1 aromatic rings. The summed E-state index contributed by atoms with van der Waals surface area (Å²) in [6.45, 7) is -0.484. The molecule has 0 aliphatic carbocycles. The van der Waals surface area contributed by atoms with Crippen LogP contribution in [0.5, 0.6) is 0 Å². The fourth-order valence-electron chi connectivity index (χ4n) is 1.59. The Morgan fingerprint density at radius 1 is 1.58 bits per heavy atom. The quantitative estimate of drug-likeness (QED) is 0.476. The van der Waals surface area contributed by atoms with E-state index in [4.69, 9.17) is 11.5 Å². The molecule has 0 amide bonds. The first-order valence-corrected chi connectivity index (χ1v) is 5.24. The fourth-order valence-corrected chi connectivity index (χ4v) is 1.59. The summed E-state index contributed by atoms with van der Waals surface area (Å²) in [5.41, 5.74) is -0.185. The van der Waals surface area contributed by atoms with Crippen molar-refractivity contribution in [1.29, 1.82) is 0 Å². The van der Waals surface area contributed by atoms with E-state index in [1.807, 2.05) is 0 Å². The largest absolute Gasteiger partial charge is 0.480 e. The topological polar surface area (TPSA) is 83.7 Å². The number of hydrogen-bond donors (Lipinski definition) is 1. The number of carboxylic acid groups (broad SMARTS) is 1. The molecule has 1 aromatic carbocycles. The van der Waals surface area contributed by atoms with Crippen LogP contribution in [0, 0.1) is 28.3 Å². The maximum absolute atomic E-state index is 13.1. The predicted molar refractivity (Wildman–Crippen MR) is 64.8 cm³/mol. The summed E-state index contributed by atoms with van der Waals surface area (Å²) in [7, 11) is 0. The number of hydrogen-bond acceptors (Lipinski definition) is 4. The van der Waals surface area contributed by atoms with Crippen molar-refractivity contribution in [1.82, 2.24) is 4.90 Å². The van der Waals surface area contributed by atoms with E-state index in [-0.39, 0.29) is 30.9 Å². The Bertz CT molecular complexity index is 539. The van der Waals surface area contributed by atoms with Gasteiger partial charge in [-0.25, -0.2) is 4.39 Å². The lowest BCUT2D eigenvalue weighted by atomic mass is 10.1. The van der Waals surface area contributed by atoms with Gasteiger partial charge >= 0.3 is 5.97 Å². The molecule has 19 heavy (non-hydrogen) atoms. The SMILES string of the molecule is C#CCN(CC(=O)O)Cc1cc(F)ccc1[N+](=O)[O-]. The van der Waals surface area contributed by atoms with Crippen molar-refractivity contribution in [2.45, 2.75) is 6.54 Å². The summed E-state index contributed by atoms with van der Waals surface area (Å²) in [6.07, 6.45) is 5.09. The number of terminal acetylenes is 1. The van der Waals surface area contributed by atoms with E-state index >= 15 is 0 Å². The standard InChI is InChI=1S/C12H11FN2O4/c1-2-5-14(8-12(16)17)7-9-6-10(13)3-4-11(9)15(18)19/h1,3-4,6H,5,7-8H2,(H,16,17). The second-order valence-corrected chi connectivity index (χ2v) is 3.77. The molecular weight excluding hydrogens is 255 g/mol. The monoisotopic (exact) mass is 266 g/mol. The summed E-state index contributed by atoms with van der Waals surface area (Å²) in [4.78, 5) is 22.1. The minimum absolute atomic E-state index is 0.0000321. The van der Waals surface area contributed by atoms with Gasteiger partial charge in [-0.3, -0.25) is 19.8 Å². The zero-order chi connectivity index (χ0) is 14.4. The first-order valence-electron chi connectivity index (χ1n) is 5.24. The lowest BCUT2D eigenvalue weighted by Gasteiger charge is -2.17. The Balaban J connectivity index is 3.01. The van der Waals surface area contributed by atoms with Gasteiger partial charge in [0.25, 0.3) is 5.69 Å². The van der Waals surface area contributed by atoms with Gasteiger partial charge in [-0.05, 0) is 12.1 Å². The number of halogens is 1. The minimum atomic E-state index is -1.12. The molecule has 0 heterocycles. The van der Waals surface area contributed by atoms with E-state index in [1.165, 1.54) is 4.90 Å². The molecule has 0 saturated carbocycles. The van der Waals surface area contributed by atoms with E-state index in [2.05, 4.69) is 5.92 Å². The van der Waals surface area contributed by atoms with E-state index in [0.717, 1.165) is 18.2 Å². The molecule has 0 bridgehead atoms. The van der Waals surface area contributed by atoms with E-state index < -0.39 is 16.7 Å². The van der Waals surface area contributed by atoms with Gasteiger partial charge in [-0.2, -0.15) is 0 Å². The van der Waals surface area contributed by atoms with Crippen molar-refractivity contribution in [3.05, 3.63) is 39.7 Å². The number of nitro benzene ring substituents is 1. The Labute approximate surface area is 108 Å². The van der Waals surface area contributed by atoms with E-state index in [1.54, 1.807) is 0 Å². The Hall–Kier alpha value is -2.46. The third kappa shape index (κ3) is 4.37. The van der Waals surface area contributed by atoms with Crippen LogP contribution in [0.2, 0.25) is 0 Å². The zero-order valence-electron chi connectivity index (χ0n) is 9.88. The average molecular weight is 266 g/mol. The summed E-state index contributed by atoms with van der Waals surface area (Å²) >= 11 is 0. The molecule has 0 saturated heterocycles. The summed E-state index contributed by atoms with van der Waals surface area (Å²) in [5, 5.41) is 19.5. The van der Waals surface area contributed by atoms with Crippen LogP contribution in [0.3, 0.4) is 0 Å². The highest BCUT2D eigenvalue weighted by molar-refractivity contribution is 5.69. The lowest BCUT2D eigenvalue weighted by Crippen LogP contribution is -2.30. The van der Waals surface area contributed by atoms with Crippen molar-refractivity contribution in [3.63, 3.8) is 0 Å². The predicted octanol–water partition coefficient (Wildman–Crippen LogP) is 1.25. The van der Waals surface area contributed by atoms with Gasteiger partial charge < -0.3 is 5.11 Å². The second-order valence-electron chi connectivity index (χ2n) is 3.77. The molecule has 6 nitrogen and oxygen atoms in total. The minimum Gasteiger partial charge on any atom is -0.480 e. The number of carbonyl (C=O) groups is 1. The second kappa shape index (κ2) is 6.47. The maximum atomic E-state index is 13.1. The van der Waals surface area contributed by atoms with Crippen molar-refractivity contribution < 1.29 is 19.2 Å². The molecule has 0 unspecified atom stereocenters. The third-order valence-corrected chi connectivity index (χ3v) is 2.31. The van der Waals surface area contributed by atoms with Crippen molar-refractivity contribution in [2.24, 2.45) is 0 Å². The Morgan fingerprint density at radius 2 is 2.26 bits per heavy atom. The van der Waals surface area contributed by atoms with Gasteiger partial charge in [0.1, 0.15) is 5.82 Å². The Morgan fingerprint density at radius 3 is 2.79 bits per heavy atom. The fraction of sp³-hybridized carbons (Fsp3) is 0.250. The molecule has 1 N–H and O–H groups in total. The molecule has 0 atom stereocenters. The smallest absolute Gasteiger partial charge is 0.317 e. The first-order chi connectivity index (χ1) is 8.93. The van der Waals surface area contributed by atoms with Crippen LogP contribution in [0.25, 0.3) is 0 Å². The van der Waals surface area contributed by atoms with Crippen LogP contribution >= 0.6 is 0 Å². The number of carboxylic acids is 1. The number of rotatable bonds is 6. The Kier molecular flexibility index (Phi) is 4.97. The van der Waals surface area contributed by atoms with Crippen molar-refractivity contribution >= 4 is 11.7 Å². The van der Waals surface area contributed by atoms with Crippen LogP contribution in [0.1, 0.15) is 5.56 Å². The summed E-state index contributed by atoms with van der Waals surface area (Å²) in [5.74, 6) is 0.511. The van der Waals surface area contributed by atoms with Gasteiger partial charge in [0.05, 0.1) is 18.0 Å². The zero-order valence-corrected chi connectivity index (χ0v) is 9.88. The molecule has 0 aliphatic rings. The van der Waals surface area contributed by atoms with Crippen molar-refractivity contribution in [3.8, 4) is 12.3 Å². The highest BCUT2D eigenvalue weighted by Gasteiger charge is 2.18. The average Bonchev–Trinajstić information content (AvgIpc) is 2.27. The van der Waals surface area contributed by atoms with Gasteiger partial charge in [0.2, 0.25) is 0 Å². The highest BCUT2D eigenvalue weighted by Crippen LogP contribution is 2.21. The number of nitrogens with zero attached hydrogens (tertiary/aromatic N) is 2. The van der Waals surface area contributed by atoms with E-state index in [0.29, 0.717) is 0 Å². The summed E-state index contributed by atoms with van der Waals surface area (Å²) in [6, 6.07) is 3.02. The molecule has 100 valence electrons. The van der Waals surface area contributed by atoms with Gasteiger partial charge in [0.15, 0.2) is 0 Å². The molecule has 0 radical (unpaired) electrons. The first kappa shape index (κ1) is 14.6. The van der Waals surface area contributed by atoms with Gasteiger partial charge in [0, 0.05) is 18.2 Å². The lowest BCUT2D eigenvalue weighted by molar-refractivity contribution is -0.385. The molecule has 0 fully saturated rings. The molecule has 1 rings (SSSR count). The van der Waals surface area contributed by atoms with Crippen LogP contribution in [0.4, 0.5) is 10.1 Å². The molecular formula is C12H11FN2O4. The summed E-state index contributed by atoms with van der Waals surface area (Å²) < 4.78 is 13.1. The van der Waals surface area contributed by atoms with Crippen LogP contribution < -0.4 is 0 Å². The third-order valence-electron chi connectivity index (χ3n) is 2.31. The number of nitro groups is 1. The van der Waals surface area contributed by atoms with Crippen molar-refractivity contribution in [2.75, 3.05) is 13.1 Å². The maximum Gasteiger partial charge on any atom is 0.317 e.